The van der Waals surface area contributed by atoms with Crippen molar-refractivity contribution < 1.29 is 4.79 Å². The lowest BCUT2D eigenvalue weighted by atomic mass is 10.1. The van der Waals surface area contributed by atoms with Crippen LogP contribution >= 0.6 is 23.4 Å². The number of amides is 1. The number of hydrogen-bond acceptors (Lipinski definition) is 4. The fourth-order valence-corrected chi connectivity index (χ4v) is 4.23. The third-order valence-electron chi connectivity index (χ3n) is 5.16. The molecule has 1 N–H and O–H groups in total. The molecule has 1 aromatic heterocycles. The molecule has 0 aliphatic rings. The molecule has 0 aliphatic heterocycles. The molecule has 0 saturated carbocycles. The van der Waals surface area contributed by atoms with E-state index in [1.807, 2.05) is 92.1 Å². The first-order valence-electron chi connectivity index (χ1n) is 10.2. The summed E-state index contributed by atoms with van der Waals surface area (Å²) in [6.45, 7) is 6.11. The first-order chi connectivity index (χ1) is 15.4. The van der Waals surface area contributed by atoms with E-state index in [0.717, 1.165) is 28.1 Å². The molecule has 0 bridgehead atoms. The number of halogens is 1. The van der Waals surface area contributed by atoms with Gasteiger partial charge >= 0.3 is 0 Å². The molecular formula is C25H23ClN4OS. The molecule has 4 rings (SSSR count). The molecular weight excluding hydrogens is 440 g/mol. The summed E-state index contributed by atoms with van der Waals surface area (Å²) >= 11 is 7.78. The van der Waals surface area contributed by atoms with Gasteiger partial charge in [-0.3, -0.25) is 9.36 Å². The summed E-state index contributed by atoms with van der Waals surface area (Å²) in [6, 6.07) is 21.5. The van der Waals surface area contributed by atoms with Gasteiger partial charge in [0.15, 0.2) is 11.0 Å². The van der Waals surface area contributed by atoms with Crippen LogP contribution in [0.15, 0.2) is 71.9 Å². The fraction of sp³-hybridized carbons (Fsp3) is 0.160. The van der Waals surface area contributed by atoms with Gasteiger partial charge < -0.3 is 5.32 Å². The predicted molar refractivity (Wildman–Crippen MR) is 132 cm³/mol. The number of carbonyl (C=O) groups is 1. The number of benzene rings is 3. The van der Waals surface area contributed by atoms with Gasteiger partial charge in [-0.2, -0.15) is 0 Å². The molecule has 0 aliphatic carbocycles. The van der Waals surface area contributed by atoms with Crippen molar-refractivity contribution in [2.24, 2.45) is 0 Å². The molecule has 0 saturated heterocycles. The van der Waals surface area contributed by atoms with Crippen molar-refractivity contribution in [2.75, 3.05) is 11.1 Å². The molecule has 1 heterocycles. The molecule has 0 atom stereocenters. The Labute approximate surface area is 196 Å². The van der Waals surface area contributed by atoms with E-state index in [1.54, 1.807) is 0 Å². The van der Waals surface area contributed by atoms with Crippen LogP contribution in [0.4, 0.5) is 5.69 Å². The van der Waals surface area contributed by atoms with Crippen LogP contribution in [0.1, 0.15) is 16.7 Å². The van der Waals surface area contributed by atoms with Gasteiger partial charge in [0.25, 0.3) is 0 Å². The first kappa shape index (κ1) is 22.1. The first-order valence-corrected chi connectivity index (χ1v) is 11.6. The lowest BCUT2D eigenvalue weighted by molar-refractivity contribution is -0.113. The van der Waals surface area contributed by atoms with Crippen LogP contribution in [0, 0.1) is 20.8 Å². The molecule has 7 heteroatoms. The van der Waals surface area contributed by atoms with Crippen molar-refractivity contribution in [3.05, 3.63) is 88.4 Å². The van der Waals surface area contributed by atoms with Crippen molar-refractivity contribution in [1.29, 1.82) is 0 Å². The number of hydrogen-bond donors (Lipinski definition) is 1. The van der Waals surface area contributed by atoms with Gasteiger partial charge in [-0.1, -0.05) is 59.3 Å². The van der Waals surface area contributed by atoms with Crippen LogP contribution in [-0.2, 0) is 4.79 Å². The SMILES string of the molecule is Cc1ccc(-n2c(SCC(=O)Nc3ccc(C)c(C)c3)nnc2-c2ccccc2Cl)cc1. The standard InChI is InChI=1S/C25H23ClN4OS/c1-16-8-12-20(13-9-16)30-24(21-6-4-5-7-22(21)26)28-29-25(30)32-15-23(31)27-19-11-10-17(2)18(3)14-19/h4-14H,15H2,1-3H3,(H,27,31). The second kappa shape index (κ2) is 9.59. The van der Waals surface area contributed by atoms with Gasteiger partial charge in [-0.15, -0.1) is 10.2 Å². The smallest absolute Gasteiger partial charge is 0.234 e. The van der Waals surface area contributed by atoms with E-state index in [0.29, 0.717) is 16.0 Å². The zero-order valence-corrected chi connectivity index (χ0v) is 19.7. The molecule has 5 nitrogen and oxygen atoms in total. The van der Waals surface area contributed by atoms with Gasteiger partial charge in [-0.25, -0.2) is 0 Å². The molecule has 3 aromatic carbocycles. The van der Waals surface area contributed by atoms with Gasteiger partial charge in [0.2, 0.25) is 5.91 Å². The van der Waals surface area contributed by atoms with E-state index in [2.05, 4.69) is 15.5 Å². The second-order valence-electron chi connectivity index (χ2n) is 7.59. The van der Waals surface area contributed by atoms with Crippen LogP contribution < -0.4 is 5.32 Å². The number of rotatable bonds is 6. The van der Waals surface area contributed by atoms with Crippen molar-refractivity contribution in [3.8, 4) is 17.1 Å². The zero-order valence-electron chi connectivity index (χ0n) is 18.1. The number of thioether (sulfide) groups is 1. The average molecular weight is 463 g/mol. The molecule has 162 valence electrons. The maximum Gasteiger partial charge on any atom is 0.234 e. The summed E-state index contributed by atoms with van der Waals surface area (Å²) < 4.78 is 1.94. The van der Waals surface area contributed by atoms with E-state index in [4.69, 9.17) is 11.6 Å². The number of nitrogens with one attached hydrogen (secondary N) is 1. The summed E-state index contributed by atoms with van der Waals surface area (Å²) in [5.74, 6) is 0.743. The Morgan fingerprint density at radius 1 is 0.969 bits per heavy atom. The maximum absolute atomic E-state index is 12.6. The summed E-state index contributed by atoms with van der Waals surface area (Å²) in [5.41, 5.74) is 5.97. The van der Waals surface area contributed by atoms with E-state index >= 15 is 0 Å². The van der Waals surface area contributed by atoms with Gasteiger partial charge in [0.1, 0.15) is 0 Å². The minimum atomic E-state index is -0.101. The van der Waals surface area contributed by atoms with Gasteiger partial charge in [-0.05, 0) is 68.3 Å². The number of aromatic nitrogens is 3. The maximum atomic E-state index is 12.6. The minimum absolute atomic E-state index is 0.101. The topological polar surface area (TPSA) is 59.8 Å². The highest BCUT2D eigenvalue weighted by atomic mass is 35.5. The number of carbonyl (C=O) groups excluding carboxylic acids is 1. The Bertz CT molecular complexity index is 1270. The van der Waals surface area contributed by atoms with E-state index < -0.39 is 0 Å². The normalized spacial score (nSPS) is 10.9. The molecule has 0 radical (unpaired) electrons. The third kappa shape index (κ3) is 4.87. The Kier molecular flexibility index (Phi) is 6.63. The van der Waals surface area contributed by atoms with Crippen LogP contribution in [0.5, 0.6) is 0 Å². The van der Waals surface area contributed by atoms with Crippen molar-refractivity contribution >= 4 is 35.0 Å². The number of anilines is 1. The van der Waals surface area contributed by atoms with Crippen LogP contribution in [0.25, 0.3) is 17.1 Å². The van der Waals surface area contributed by atoms with Crippen LogP contribution in [0.2, 0.25) is 5.02 Å². The summed E-state index contributed by atoms with van der Waals surface area (Å²) in [4.78, 5) is 12.6. The quantitative estimate of drug-likeness (QED) is 0.344. The molecule has 0 spiro atoms. The highest BCUT2D eigenvalue weighted by molar-refractivity contribution is 7.99. The van der Waals surface area contributed by atoms with Crippen molar-refractivity contribution in [3.63, 3.8) is 0 Å². The number of aryl methyl sites for hydroxylation is 3. The highest BCUT2D eigenvalue weighted by Crippen LogP contribution is 2.32. The van der Waals surface area contributed by atoms with E-state index in [9.17, 15) is 4.79 Å². The van der Waals surface area contributed by atoms with Crippen LogP contribution in [-0.4, -0.2) is 26.4 Å². The van der Waals surface area contributed by atoms with Gasteiger partial charge in [0, 0.05) is 16.9 Å². The van der Waals surface area contributed by atoms with Gasteiger partial charge in [0.05, 0.1) is 10.8 Å². The summed E-state index contributed by atoms with van der Waals surface area (Å²) in [6.07, 6.45) is 0. The van der Waals surface area contributed by atoms with Crippen LogP contribution in [0.3, 0.4) is 0 Å². The Morgan fingerprint density at radius 3 is 2.44 bits per heavy atom. The zero-order chi connectivity index (χ0) is 22.7. The largest absolute Gasteiger partial charge is 0.325 e. The van der Waals surface area contributed by atoms with E-state index in [1.165, 1.54) is 17.3 Å². The average Bonchev–Trinajstić information content (AvgIpc) is 3.19. The van der Waals surface area contributed by atoms with Crippen molar-refractivity contribution in [2.45, 2.75) is 25.9 Å². The molecule has 1 amide bonds. The number of nitrogens with zero attached hydrogens (tertiary/aromatic N) is 3. The molecule has 0 fully saturated rings. The summed E-state index contributed by atoms with van der Waals surface area (Å²) in [7, 11) is 0. The van der Waals surface area contributed by atoms with E-state index in [-0.39, 0.29) is 11.7 Å². The third-order valence-corrected chi connectivity index (χ3v) is 6.42. The predicted octanol–water partition coefficient (Wildman–Crippen LogP) is 6.24. The lowest BCUT2D eigenvalue weighted by Gasteiger charge is -2.12. The van der Waals surface area contributed by atoms with Crippen molar-refractivity contribution in [1.82, 2.24) is 14.8 Å². The fourth-order valence-electron chi connectivity index (χ4n) is 3.25. The Balaban J connectivity index is 1.61. The lowest BCUT2D eigenvalue weighted by Crippen LogP contribution is -2.14. The Morgan fingerprint density at radius 2 is 1.72 bits per heavy atom. The molecule has 0 unspecified atom stereocenters. The monoisotopic (exact) mass is 462 g/mol. The summed E-state index contributed by atoms with van der Waals surface area (Å²) in [5, 5.41) is 13.0. The molecule has 4 aromatic rings. The molecule has 32 heavy (non-hydrogen) atoms. The minimum Gasteiger partial charge on any atom is -0.325 e. The Hall–Kier alpha value is -3.09. The second-order valence-corrected chi connectivity index (χ2v) is 8.94. The highest BCUT2D eigenvalue weighted by Gasteiger charge is 2.19.